The third kappa shape index (κ3) is 3.69. The number of phenols is 1. The number of methoxy groups -OCH3 is 1. The SMILES string of the molecule is COc1ccc(C(c2ccc3c(c2)OCO3)C(C(=O)O)C(CO)CO)cc1O. The Balaban J connectivity index is 2.15. The van der Waals surface area contributed by atoms with Gasteiger partial charge in [0, 0.05) is 25.0 Å². The fraction of sp³-hybridized carbons (Fsp3) is 0.350. The van der Waals surface area contributed by atoms with Gasteiger partial charge in [0.25, 0.3) is 0 Å². The smallest absolute Gasteiger partial charge is 0.307 e. The van der Waals surface area contributed by atoms with Crippen molar-refractivity contribution in [2.24, 2.45) is 11.8 Å². The number of rotatable bonds is 8. The Hall–Kier alpha value is -2.97. The van der Waals surface area contributed by atoms with Crippen LogP contribution in [0.2, 0.25) is 0 Å². The van der Waals surface area contributed by atoms with Gasteiger partial charge in [-0.3, -0.25) is 4.79 Å². The maximum Gasteiger partial charge on any atom is 0.307 e. The number of carboxylic acid groups (broad SMARTS) is 1. The van der Waals surface area contributed by atoms with Gasteiger partial charge in [0.1, 0.15) is 0 Å². The van der Waals surface area contributed by atoms with Crippen molar-refractivity contribution in [1.29, 1.82) is 0 Å². The molecule has 3 rings (SSSR count). The molecule has 1 aliphatic rings. The van der Waals surface area contributed by atoms with Crippen LogP contribution in [-0.4, -0.2) is 53.5 Å². The Kier molecular flexibility index (Phi) is 5.91. The van der Waals surface area contributed by atoms with E-state index in [2.05, 4.69) is 0 Å². The molecule has 0 saturated carbocycles. The Labute approximate surface area is 161 Å². The first-order valence-electron chi connectivity index (χ1n) is 8.71. The molecule has 0 amide bonds. The summed E-state index contributed by atoms with van der Waals surface area (Å²) in [7, 11) is 1.41. The first-order valence-corrected chi connectivity index (χ1v) is 8.71. The predicted octanol–water partition coefficient (Wildman–Crippen LogP) is 1.56. The maximum atomic E-state index is 12.1. The van der Waals surface area contributed by atoms with E-state index in [9.17, 15) is 25.2 Å². The lowest BCUT2D eigenvalue weighted by atomic mass is 9.74. The van der Waals surface area contributed by atoms with Crippen LogP contribution in [0.1, 0.15) is 17.0 Å². The van der Waals surface area contributed by atoms with Crippen molar-refractivity contribution in [1.82, 2.24) is 0 Å². The van der Waals surface area contributed by atoms with Crippen molar-refractivity contribution >= 4 is 5.97 Å². The number of carbonyl (C=O) groups is 1. The van der Waals surface area contributed by atoms with Gasteiger partial charge in [0.15, 0.2) is 23.0 Å². The van der Waals surface area contributed by atoms with E-state index < -0.39 is 36.9 Å². The number of fused-ring (bicyclic) bond motifs is 1. The molecular weight excluding hydrogens is 368 g/mol. The molecule has 2 aromatic rings. The van der Waals surface area contributed by atoms with Gasteiger partial charge in [-0.2, -0.15) is 0 Å². The number of phenolic OH excluding ortho intramolecular Hbond substituents is 1. The highest BCUT2D eigenvalue weighted by Gasteiger charge is 2.38. The van der Waals surface area contributed by atoms with E-state index in [4.69, 9.17) is 14.2 Å². The van der Waals surface area contributed by atoms with Gasteiger partial charge in [-0.25, -0.2) is 0 Å². The monoisotopic (exact) mass is 390 g/mol. The third-order valence-corrected chi connectivity index (χ3v) is 4.94. The standard InChI is InChI=1S/C20H22O8/c1-26-15-4-2-11(6-14(15)23)18(19(20(24)25)13(8-21)9-22)12-3-5-16-17(7-12)28-10-27-16/h2-7,13,18-19,21-23H,8-10H2,1H3,(H,24,25). The molecule has 2 unspecified atom stereocenters. The second-order valence-electron chi connectivity index (χ2n) is 6.51. The minimum Gasteiger partial charge on any atom is -0.504 e. The zero-order valence-corrected chi connectivity index (χ0v) is 15.2. The fourth-order valence-corrected chi connectivity index (χ4v) is 3.52. The van der Waals surface area contributed by atoms with Crippen molar-refractivity contribution in [2.75, 3.05) is 27.1 Å². The number of hydrogen-bond acceptors (Lipinski definition) is 7. The number of ether oxygens (including phenoxy) is 3. The van der Waals surface area contributed by atoms with Crippen LogP contribution in [-0.2, 0) is 4.79 Å². The molecule has 2 atom stereocenters. The van der Waals surface area contributed by atoms with Crippen LogP contribution in [0.3, 0.4) is 0 Å². The molecule has 1 heterocycles. The van der Waals surface area contributed by atoms with Gasteiger partial charge in [-0.1, -0.05) is 12.1 Å². The lowest BCUT2D eigenvalue weighted by Gasteiger charge is -2.30. The second kappa shape index (κ2) is 8.37. The molecule has 0 aliphatic carbocycles. The number of aliphatic hydroxyl groups is 2. The summed E-state index contributed by atoms with van der Waals surface area (Å²) in [5.41, 5.74) is 1.09. The van der Waals surface area contributed by atoms with Crippen molar-refractivity contribution in [3.05, 3.63) is 47.5 Å². The van der Waals surface area contributed by atoms with Crippen LogP contribution in [0.15, 0.2) is 36.4 Å². The van der Waals surface area contributed by atoms with E-state index in [1.54, 1.807) is 24.3 Å². The largest absolute Gasteiger partial charge is 0.504 e. The van der Waals surface area contributed by atoms with Gasteiger partial charge in [0.05, 0.1) is 13.0 Å². The van der Waals surface area contributed by atoms with Gasteiger partial charge in [-0.15, -0.1) is 0 Å². The van der Waals surface area contributed by atoms with Crippen molar-refractivity contribution < 1.29 is 39.4 Å². The normalized spacial score (nSPS) is 14.7. The highest BCUT2D eigenvalue weighted by molar-refractivity contribution is 5.73. The average Bonchev–Trinajstić information content (AvgIpc) is 3.16. The van der Waals surface area contributed by atoms with Gasteiger partial charge in [-0.05, 0) is 35.4 Å². The second-order valence-corrected chi connectivity index (χ2v) is 6.51. The average molecular weight is 390 g/mol. The summed E-state index contributed by atoms with van der Waals surface area (Å²) in [4.78, 5) is 12.1. The Morgan fingerprint density at radius 2 is 1.71 bits per heavy atom. The van der Waals surface area contributed by atoms with Crippen LogP contribution < -0.4 is 14.2 Å². The zero-order chi connectivity index (χ0) is 20.3. The molecule has 0 saturated heterocycles. The van der Waals surface area contributed by atoms with E-state index in [1.165, 1.54) is 19.2 Å². The molecule has 4 N–H and O–H groups in total. The molecule has 28 heavy (non-hydrogen) atoms. The summed E-state index contributed by atoms with van der Waals surface area (Å²) in [5.74, 6) is -2.86. The highest BCUT2D eigenvalue weighted by atomic mass is 16.7. The summed E-state index contributed by atoms with van der Waals surface area (Å²) in [6, 6.07) is 9.68. The van der Waals surface area contributed by atoms with Crippen molar-refractivity contribution in [2.45, 2.75) is 5.92 Å². The summed E-state index contributed by atoms with van der Waals surface area (Å²) in [5, 5.41) is 39.4. The van der Waals surface area contributed by atoms with Gasteiger partial charge < -0.3 is 34.6 Å². The molecule has 0 spiro atoms. The Bertz CT molecular complexity index is 846. The van der Waals surface area contributed by atoms with Crippen LogP contribution in [0.5, 0.6) is 23.0 Å². The van der Waals surface area contributed by atoms with Crippen molar-refractivity contribution in [3.63, 3.8) is 0 Å². The lowest BCUT2D eigenvalue weighted by molar-refractivity contribution is -0.145. The Morgan fingerprint density at radius 3 is 2.32 bits per heavy atom. The topological polar surface area (TPSA) is 126 Å². The van der Waals surface area contributed by atoms with Gasteiger partial charge in [0.2, 0.25) is 6.79 Å². The van der Waals surface area contributed by atoms with Crippen molar-refractivity contribution in [3.8, 4) is 23.0 Å². The quantitative estimate of drug-likeness (QED) is 0.535. The molecule has 1 aliphatic heterocycles. The summed E-state index contributed by atoms with van der Waals surface area (Å²) in [6.45, 7) is -0.932. The maximum absolute atomic E-state index is 12.1. The van der Waals surface area contributed by atoms with Crippen LogP contribution in [0.25, 0.3) is 0 Å². The molecular formula is C20H22O8. The lowest BCUT2D eigenvalue weighted by Crippen LogP contribution is -2.34. The van der Waals surface area contributed by atoms with E-state index in [-0.39, 0.29) is 18.3 Å². The number of aliphatic carboxylic acids is 1. The van der Waals surface area contributed by atoms with Crippen LogP contribution >= 0.6 is 0 Å². The molecule has 0 bridgehead atoms. The number of aromatic hydroxyl groups is 1. The molecule has 150 valence electrons. The number of aliphatic hydroxyl groups excluding tert-OH is 2. The zero-order valence-electron chi connectivity index (χ0n) is 15.2. The van der Waals surface area contributed by atoms with Gasteiger partial charge >= 0.3 is 5.97 Å². The van der Waals surface area contributed by atoms with E-state index >= 15 is 0 Å². The molecule has 2 aromatic carbocycles. The summed E-state index contributed by atoms with van der Waals surface area (Å²) < 4.78 is 15.8. The first kappa shape index (κ1) is 19.8. The molecule has 0 radical (unpaired) electrons. The predicted molar refractivity (Wildman–Crippen MR) is 97.9 cm³/mol. The van der Waals surface area contributed by atoms with Crippen LogP contribution in [0, 0.1) is 11.8 Å². The molecule has 0 fully saturated rings. The van der Waals surface area contributed by atoms with E-state index in [0.29, 0.717) is 22.6 Å². The minimum atomic E-state index is -1.17. The number of hydrogen-bond donors (Lipinski definition) is 4. The van der Waals surface area contributed by atoms with E-state index in [1.807, 2.05) is 0 Å². The molecule has 8 heteroatoms. The highest BCUT2D eigenvalue weighted by Crippen LogP contribution is 2.43. The number of benzene rings is 2. The third-order valence-electron chi connectivity index (χ3n) is 4.94. The minimum absolute atomic E-state index is 0.0744. The molecule has 0 aromatic heterocycles. The first-order chi connectivity index (χ1) is 13.5. The van der Waals surface area contributed by atoms with E-state index in [0.717, 1.165) is 0 Å². The fourth-order valence-electron chi connectivity index (χ4n) is 3.52. The summed E-state index contributed by atoms with van der Waals surface area (Å²) >= 11 is 0. The Morgan fingerprint density at radius 1 is 1.07 bits per heavy atom. The number of carboxylic acids is 1. The molecule has 8 nitrogen and oxygen atoms in total. The summed E-state index contributed by atoms with van der Waals surface area (Å²) in [6.07, 6.45) is 0. The van der Waals surface area contributed by atoms with Crippen LogP contribution in [0.4, 0.5) is 0 Å².